The lowest BCUT2D eigenvalue weighted by molar-refractivity contribution is -0.117. The minimum Gasteiger partial charge on any atom is -0.326 e. The number of para-hydroxylation sites is 1. The Morgan fingerprint density at radius 2 is 1.75 bits per heavy atom. The van der Waals surface area contributed by atoms with Crippen LogP contribution in [-0.4, -0.2) is 11.7 Å². The fraction of sp³-hybridized carbons (Fsp3) is 0.100. The van der Waals surface area contributed by atoms with E-state index in [-0.39, 0.29) is 17.6 Å². The zero-order valence-electron chi connectivity index (χ0n) is 13.2. The standard InChI is InChI=1S/C20H17NO2S/c1-14(20(23)21-17-9-3-2-4-10-17)15-7-5-8-16(13-15)19(22)18-11-6-12-24-18/h2-14H,1H3,(H,21,23). The summed E-state index contributed by atoms with van der Waals surface area (Å²) < 4.78 is 0. The van der Waals surface area contributed by atoms with Gasteiger partial charge in [0.2, 0.25) is 11.7 Å². The molecule has 0 aliphatic rings. The highest BCUT2D eigenvalue weighted by Gasteiger charge is 2.17. The molecule has 3 nitrogen and oxygen atoms in total. The largest absolute Gasteiger partial charge is 0.326 e. The Balaban J connectivity index is 1.78. The van der Waals surface area contributed by atoms with Crippen molar-refractivity contribution in [3.63, 3.8) is 0 Å². The predicted molar refractivity (Wildman–Crippen MR) is 97.7 cm³/mol. The van der Waals surface area contributed by atoms with Gasteiger partial charge in [-0.1, -0.05) is 42.5 Å². The molecular formula is C20H17NO2S. The highest BCUT2D eigenvalue weighted by Crippen LogP contribution is 2.22. The van der Waals surface area contributed by atoms with E-state index in [0.717, 1.165) is 11.3 Å². The second kappa shape index (κ2) is 7.23. The van der Waals surface area contributed by atoms with Gasteiger partial charge in [-0.25, -0.2) is 0 Å². The van der Waals surface area contributed by atoms with Gasteiger partial charge in [-0.05, 0) is 42.1 Å². The average molecular weight is 335 g/mol. The molecule has 1 amide bonds. The van der Waals surface area contributed by atoms with Crippen LogP contribution in [0.5, 0.6) is 0 Å². The summed E-state index contributed by atoms with van der Waals surface area (Å²) >= 11 is 1.42. The lowest BCUT2D eigenvalue weighted by atomic mass is 9.96. The molecule has 3 rings (SSSR count). The Morgan fingerprint density at radius 3 is 2.46 bits per heavy atom. The van der Waals surface area contributed by atoms with Gasteiger partial charge < -0.3 is 5.32 Å². The monoisotopic (exact) mass is 335 g/mol. The van der Waals surface area contributed by atoms with Crippen LogP contribution >= 0.6 is 11.3 Å². The van der Waals surface area contributed by atoms with E-state index in [0.29, 0.717) is 10.4 Å². The number of carbonyl (C=O) groups is 2. The SMILES string of the molecule is CC(C(=O)Nc1ccccc1)c1cccc(C(=O)c2cccs2)c1. The molecule has 0 bridgehead atoms. The van der Waals surface area contributed by atoms with Crippen LogP contribution in [0.2, 0.25) is 0 Å². The van der Waals surface area contributed by atoms with Crippen LogP contribution in [0, 0.1) is 0 Å². The van der Waals surface area contributed by atoms with Crippen molar-refractivity contribution in [3.05, 3.63) is 88.1 Å². The van der Waals surface area contributed by atoms with E-state index < -0.39 is 0 Å². The zero-order valence-corrected chi connectivity index (χ0v) is 14.0. The highest BCUT2D eigenvalue weighted by atomic mass is 32.1. The molecule has 2 aromatic carbocycles. The fourth-order valence-electron chi connectivity index (χ4n) is 2.42. The number of hydrogen-bond acceptors (Lipinski definition) is 3. The molecular weight excluding hydrogens is 318 g/mol. The van der Waals surface area contributed by atoms with Crippen molar-refractivity contribution in [2.75, 3.05) is 5.32 Å². The van der Waals surface area contributed by atoms with Gasteiger partial charge in [-0.15, -0.1) is 11.3 Å². The third kappa shape index (κ3) is 3.60. The first-order valence-electron chi connectivity index (χ1n) is 7.69. The first kappa shape index (κ1) is 16.1. The molecule has 0 saturated heterocycles. The molecule has 1 aromatic heterocycles. The summed E-state index contributed by atoms with van der Waals surface area (Å²) in [5.74, 6) is -0.453. The number of carbonyl (C=O) groups excluding carboxylic acids is 2. The molecule has 0 radical (unpaired) electrons. The van der Waals surface area contributed by atoms with Crippen LogP contribution in [0.15, 0.2) is 72.1 Å². The second-order valence-electron chi connectivity index (χ2n) is 5.51. The smallest absolute Gasteiger partial charge is 0.231 e. The van der Waals surface area contributed by atoms with Crippen molar-refractivity contribution >= 4 is 28.7 Å². The van der Waals surface area contributed by atoms with Crippen molar-refractivity contribution in [1.82, 2.24) is 0 Å². The summed E-state index contributed by atoms with van der Waals surface area (Å²) in [6.45, 7) is 1.84. The lowest BCUT2D eigenvalue weighted by Gasteiger charge is -2.13. The van der Waals surface area contributed by atoms with Crippen molar-refractivity contribution < 1.29 is 9.59 Å². The van der Waals surface area contributed by atoms with Crippen LogP contribution in [-0.2, 0) is 4.79 Å². The van der Waals surface area contributed by atoms with Crippen molar-refractivity contribution in [2.24, 2.45) is 0 Å². The molecule has 0 fully saturated rings. The van der Waals surface area contributed by atoms with Crippen LogP contribution in [0.4, 0.5) is 5.69 Å². The number of rotatable bonds is 5. The van der Waals surface area contributed by atoms with Crippen molar-refractivity contribution in [2.45, 2.75) is 12.8 Å². The molecule has 1 unspecified atom stereocenters. The number of hydrogen-bond donors (Lipinski definition) is 1. The maximum Gasteiger partial charge on any atom is 0.231 e. The topological polar surface area (TPSA) is 46.2 Å². The van der Waals surface area contributed by atoms with Crippen LogP contribution in [0.25, 0.3) is 0 Å². The van der Waals surface area contributed by atoms with E-state index in [1.807, 2.05) is 66.9 Å². The van der Waals surface area contributed by atoms with E-state index >= 15 is 0 Å². The summed E-state index contributed by atoms with van der Waals surface area (Å²) in [6.07, 6.45) is 0. The lowest BCUT2D eigenvalue weighted by Crippen LogP contribution is -2.19. The maximum atomic E-state index is 12.5. The third-order valence-corrected chi connectivity index (χ3v) is 4.70. The fourth-order valence-corrected chi connectivity index (χ4v) is 3.11. The van der Waals surface area contributed by atoms with E-state index in [2.05, 4.69) is 5.32 Å². The molecule has 0 aliphatic heterocycles. The molecule has 0 aliphatic carbocycles. The Labute approximate surface area is 145 Å². The van der Waals surface area contributed by atoms with E-state index in [1.54, 1.807) is 12.1 Å². The molecule has 0 spiro atoms. The average Bonchev–Trinajstić information content (AvgIpc) is 3.16. The second-order valence-corrected chi connectivity index (χ2v) is 6.46. The highest BCUT2D eigenvalue weighted by molar-refractivity contribution is 7.12. The zero-order chi connectivity index (χ0) is 16.9. The van der Waals surface area contributed by atoms with Gasteiger partial charge in [0.05, 0.1) is 10.8 Å². The van der Waals surface area contributed by atoms with Crippen LogP contribution in [0.1, 0.15) is 33.6 Å². The van der Waals surface area contributed by atoms with Gasteiger partial charge >= 0.3 is 0 Å². The number of anilines is 1. The van der Waals surface area contributed by atoms with E-state index in [1.165, 1.54) is 11.3 Å². The molecule has 1 atom stereocenters. The first-order valence-corrected chi connectivity index (χ1v) is 8.57. The van der Waals surface area contributed by atoms with Gasteiger partial charge in [0.1, 0.15) is 0 Å². The molecule has 4 heteroatoms. The third-order valence-electron chi connectivity index (χ3n) is 3.83. The number of ketones is 1. The Morgan fingerprint density at radius 1 is 0.958 bits per heavy atom. The van der Waals surface area contributed by atoms with Crippen LogP contribution in [0.3, 0.4) is 0 Å². The van der Waals surface area contributed by atoms with Gasteiger partial charge in [0, 0.05) is 11.3 Å². The molecule has 1 N–H and O–H groups in total. The summed E-state index contributed by atoms with van der Waals surface area (Å²) in [7, 11) is 0. The summed E-state index contributed by atoms with van der Waals surface area (Å²) in [5.41, 5.74) is 2.19. The molecule has 120 valence electrons. The predicted octanol–water partition coefficient (Wildman–Crippen LogP) is 4.72. The molecule has 1 heterocycles. The van der Waals surface area contributed by atoms with Gasteiger partial charge in [-0.2, -0.15) is 0 Å². The Bertz CT molecular complexity index is 841. The summed E-state index contributed by atoms with van der Waals surface area (Å²) in [5, 5.41) is 4.78. The summed E-state index contributed by atoms with van der Waals surface area (Å²) in [4.78, 5) is 25.6. The number of thiophene rings is 1. The first-order chi connectivity index (χ1) is 11.6. The molecule has 24 heavy (non-hydrogen) atoms. The molecule has 0 saturated carbocycles. The minimum absolute atomic E-state index is 0.0116. The van der Waals surface area contributed by atoms with Crippen LogP contribution < -0.4 is 5.32 Å². The number of amides is 1. The van der Waals surface area contributed by atoms with Gasteiger partial charge in [0.15, 0.2) is 0 Å². The van der Waals surface area contributed by atoms with Gasteiger partial charge in [0.25, 0.3) is 0 Å². The molecule has 3 aromatic rings. The Hall–Kier alpha value is -2.72. The Kier molecular flexibility index (Phi) is 4.87. The quantitative estimate of drug-likeness (QED) is 0.686. The number of nitrogens with one attached hydrogen (secondary N) is 1. The van der Waals surface area contributed by atoms with Crippen molar-refractivity contribution in [3.8, 4) is 0 Å². The van der Waals surface area contributed by atoms with E-state index in [9.17, 15) is 9.59 Å². The van der Waals surface area contributed by atoms with Gasteiger partial charge in [-0.3, -0.25) is 9.59 Å². The maximum absolute atomic E-state index is 12.5. The van der Waals surface area contributed by atoms with Crippen molar-refractivity contribution in [1.29, 1.82) is 0 Å². The normalized spacial score (nSPS) is 11.7. The summed E-state index contributed by atoms with van der Waals surface area (Å²) in [6, 6.07) is 20.3. The minimum atomic E-state index is -0.346. The van der Waals surface area contributed by atoms with E-state index in [4.69, 9.17) is 0 Å². The number of benzene rings is 2.